The average Bonchev–Trinajstić information content (AvgIpc) is 2.16. The normalized spacial score (nSPS) is 14.9. The number of halogens is 3. The molecule has 0 aromatic rings. The summed E-state index contributed by atoms with van der Waals surface area (Å²) in [6.45, 7) is 1.73. The van der Waals surface area contributed by atoms with Gasteiger partial charge in [-0.25, -0.2) is 13.1 Å². The molecule has 1 atom stereocenters. The van der Waals surface area contributed by atoms with Crippen molar-refractivity contribution >= 4 is 10.0 Å². The van der Waals surface area contributed by atoms with E-state index in [0.29, 0.717) is 6.42 Å². The number of nitrogens with one attached hydrogen (secondary N) is 1. The third-order valence-electron chi connectivity index (χ3n) is 2.35. The molecule has 1 unspecified atom stereocenters. The van der Waals surface area contributed by atoms with Gasteiger partial charge in [0.2, 0.25) is 10.0 Å². The SMILES string of the molecule is CCC(CN)S(=O)(=O)NCCCCC(F)(F)F. The quantitative estimate of drug-likeness (QED) is 0.658. The topological polar surface area (TPSA) is 72.2 Å². The van der Waals surface area contributed by atoms with Crippen molar-refractivity contribution in [2.45, 2.75) is 44.0 Å². The van der Waals surface area contributed by atoms with Crippen LogP contribution in [0.3, 0.4) is 0 Å². The van der Waals surface area contributed by atoms with Crippen molar-refractivity contribution in [2.24, 2.45) is 5.73 Å². The lowest BCUT2D eigenvalue weighted by molar-refractivity contribution is -0.135. The molecule has 0 aliphatic rings. The average molecular weight is 276 g/mol. The lowest BCUT2D eigenvalue weighted by Gasteiger charge is -2.14. The van der Waals surface area contributed by atoms with Crippen molar-refractivity contribution < 1.29 is 21.6 Å². The molecule has 8 heteroatoms. The van der Waals surface area contributed by atoms with Crippen LogP contribution in [0.1, 0.15) is 32.6 Å². The Labute approximate surface area is 99.8 Å². The van der Waals surface area contributed by atoms with Crippen LogP contribution in [0.15, 0.2) is 0 Å². The van der Waals surface area contributed by atoms with Crippen molar-refractivity contribution in [3.63, 3.8) is 0 Å². The summed E-state index contributed by atoms with van der Waals surface area (Å²) in [5, 5.41) is -0.676. The lowest BCUT2D eigenvalue weighted by Crippen LogP contribution is -2.39. The fourth-order valence-corrected chi connectivity index (χ4v) is 2.65. The van der Waals surface area contributed by atoms with E-state index in [1.54, 1.807) is 6.92 Å². The van der Waals surface area contributed by atoms with Gasteiger partial charge in [0.05, 0.1) is 5.25 Å². The van der Waals surface area contributed by atoms with Crippen molar-refractivity contribution in [3.8, 4) is 0 Å². The third-order valence-corrected chi connectivity index (χ3v) is 4.36. The molecule has 4 nitrogen and oxygen atoms in total. The second-order valence-corrected chi connectivity index (χ2v) is 5.82. The van der Waals surface area contributed by atoms with Crippen LogP contribution in [-0.4, -0.2) is 32.9 Å². The zero-order chi connectivity index (χ0) is 13.5. The predicted molar refractivity (Wildman–Crippen MR) is 60.0 cm³/mol. The molecule has 0 amide bonds. The molecule has 0 fully saturated rings. The van der Waals surface area contributed by atoms with Crippen molar-refractivity contribution in [1.82, 2.24) is 4.72 Å². The summed E-state index contributed by atoms with van der Waals surface area (Å²) in [6, 6.07) is 0. The Kier molecular flexibility index (Phi) is 7.03. The number of unbranched alkanes of at least 4 members (excludes halogenated alkanes) is 1. The van der Waals surface area contributed by atoms with Gasteiger partial charge < -0.3 is 5.73 Å². The van der Waals surface area contributed by atoms with Gasteiger partial charge in [-0.2, -0.15) is 13.2 Å². The molecule has 104 valence electrons. The Hall–Kier alpha value is -0.340. The first kappa shape index (κ1) is 16.7. The summed E-state index contributed by atoms with van der Waals surface area (Å²) in [6.07, 6.45) is -4.59. The number of rotatable bonds is 8. The minimum atomic E-state index is -4.18. The van der Waals surface area contributed by atoms with Crippen LogP contribution < -0.4 is 10.5 Å². The van der Waals surface area contributed by atoms with E-state index in [1.807, 2.05) is 0 Å². The van der Waals surface area contributed by atoms with E-state index in [-0.39, 0.29) is 25.9 Å². The first-order chi connectivity index (χ1) is 7.73. The van der Waals surface area contributed by atoms with Gasteiger partial charge in [0.1, 0.15) is 0 Å². The van der Waals surface area contributed by atoms with Crippen molar-refractivity contribution in [1.29, 1.82) is 0 Å². The lowest BCUT2D eigenvalue weighted by atomic mass is 10.2. The summed E-state index contributed by atoms with van der Waals surface area (Å²) < 4.78 is 60.7. The summed E-state index contributed by atoms with van der Waals surface area (Å²) >= 11 is 0. The number of alkyl halides is 3. The maximum absolute atomic E-state index is 11.8. The number of hydrogen-bond donors (Lipinski definition) is 2. The van der Waals surface area contributed by atoms with E-state index < -0.39 is 27.9 Å². The standard InChI is InChI=1S/C9H19F3N2O2S/c1-2-8(7-13)17(15,16)14-6-4-3-5-9(10,11)12/h8,14H,2-7,13H2,1H3. The molecule has 0 spiro atoms. The number of sulfonamides is 1. The zero-order valence-electron chi connectivity index (χ0n) is 9.76. The molecule has 0 aromatic carbocycles. The summed E-state index contributed by atoms with van der Waals surface area (Å²) in [4.78, 5) is 0. The van der Waals surface area contributed by atoms with E-state index in [2.05, 4.69) is 4.72 Å². The minimum absolute atomic E-state index is 0.00832. The molecule has 0 aliphatic heterocycles. The van der Waals surface area contributed by atoms with E-state index in [0.717, 1.165) is 0 Å². The van der Waals surface area contributed by atoms with Crippen molar-refractivity contribution in [2.75, 3.05) is 13.1 Å². The van der Waals surface area contributed by atoms with Gasteiger partial charge in [-0.3, -0.25) is 0 Å². The van der Waals surface area contributed by atoms with Gasteiger partial charge in [0.25, 0.3) is 0 Å². The Morgan fingerprint density at radius 3 is 2.29 bits per heavy atom. The highest BCUT2D eigenvalue weighted by atomic mass is 32.2. The summed E-state index contributed by atoms with van der Waals surface area (Å²) in [5.74, 6) is 0. The van der Waals surface area contributed by atoms with E-state index in [4.69, 9.17) is 5.73 Å². The highest BCUT2D eigenvalue weighted by molar-refractivity contribution is 7.90. The molecule has 0 aromatic heterocycles. The first-order valence-corrected chi connectivity index (χ1v) is 7.03. The maximum atomic E-state index is 11.8. The summed E-state index contributed by atoms with van der Waals surface area (Å²) in [7, 11) is -3.49. The Morgan fingerprint density at radius 1 is 1.29 bits per heavy atom. The van der Waals surface area contributed by atoms with Gasteiger partial charge in [0, 0.05) is 19.5 Å². The minimum Gasteiger partial charge on any atom is -0.329 e. The first-order valence-electron chi connectivity index (χ1n) is 5.48. The highest BCUT2D eigenvalue weighted by Gasteiger charge is 2.26. The molecule has 0 saturated carbocycles. The van der Waals surface area contributed by atoms with Gasteiger partial charge in [0.15, 0.2) is 0 Å². The van der Waals surface area contributed by atoms with Gasteiger partial charge in [-0.15, -0.1) is 0 Å². The van der Waals surface area contributed by atoms with E-state index >= 15 is 0 Å². The fraction of sp³-hybridized carbons (Fsp3) is 1.00. The third kappa shape index (κ3) is 7.56. The second kappa shape index (κ2) is 7.17. The molecule has 0 rings (SSSR count). The highest BCUT2D eigenvalue weighted by Crippen LogP contribution is 2.21. The monoisotopic (exact) mass is 276 g/mol. The van der Waals surface area contributed by atoms with Crippen molar-refractivity contribution in [3.05, 3.63) is 0 Å². The van der Waals surface area contributed by atoms with E-state index in [1.165, 1.54) is 0 Å². The smallest absolute Gasteiger partial charge is 0.329 e. The molecule has 17 heavy (non-hydrogen) atoms. The second-order valence-electron chi connectivity index (χ2n) is 3.78. The molecule has 0 heterocycles. The maximum Gasteiger partial charge on any atom is 0.389 e. The fourth-order valence-electron chi connectivity index (χ4n) is 1.30. The van der Waals surface area contributed by atoms with Crippen LogP contribution in [-0.2, 0) is 10.0 Å². The van der Waals surface area contributed by atoms with Crippen LogP contribution in [0.25, 0.3) is 0 Å². The molecule has 0 saturated heterocycles. The van der Waals surface area contributed by atoms with Crippen LogP contribution >= 0.6 is 0 Å². The predicted octanol–water partition coefficient (Wildman–Crippen LogP) is 1.38. The molecular weight excluding hydrogens is 257 g/mol. The molecule has 0 aliphatic carbocycles. The van der Waals surface area contributed by atoms with E-state index in [9.17, 15) is 21.6 Å². The van der Waals surface area contributed by atoms with Crippen LogP contribution in [0.2, 0.25) is 0 Å². The van der Waals surface area contributed by atoms with Crippen LogP contribution in [0, 0.1) is 0 Å². The Bertz CT molecular complexity index is 300. The van der Waals surface area contributed by atoms with Crippen LogP contribution in [0.5, 0.6) is 0 Å². The summed E-state index contributed by atoms with van der Waals surface area (Å²) in [5.41, 5.74) is 5.29. The Morgan fingerprint density at radius 2 is 1.88 bits per heavy atom. The van der Waals surface area contributed by atoms with Crippen LogP contribution in [0.4, 0.5) is 13.2 Å². The largest absolute Gasteiger partial charge is 0.389 e. The number of nitrogens with two attached hydrogens (primary N) is 1. The van der Waals surface area contributed by atoms with Gasteiger partial charge in [-0.1, -0.05) is 6.92 Å². The van der Waals surface area contributed by atoms with Gasteiger partial charge in [-0.05, 0) is 19.3 Å². The molecule has 3 N–H and O–H groups in total. The molecule has 0 bridgehead atoms. The van der Waals surface area contributed by atoms with Gasteiger partial charge >= 0.3 is 6.18 Å². The Balaban J connectivity index is 3.89. The molecular formula is C9H19F3N2O2S. The zero-order valence-corrected chi connectivity index (χ0v) is 10.6. The number of hydrogen-bond acceptors (Lipinski definition) is 3. The molecule has 0 radical (unpaired) electrons.